The highest BCUT2D eigenvalue weighted by Crippen LogP contribution is 2.20. The Labute approximate surface area is 100 Å². The Bertz CT molecular complexity index is 221. The van der Waals surface area contributed by atoms with Gasteiger partial charge < -0.3 is 5.73 Å². The summed E-state index contributed by atoms with van der Waals surface area (Å²) in [6.07, 6.45) is 10.7. The molecule has 0 aliphatic rings. The number of nitrogens with two attached hydrogens (primary N) is 1. The molecular weight excluding hydrogens is 198 g/mol. The van der Waals surface area contributed by atoms with Crippen molar-refractivity contribution in [2.24, 2.45) is 11.7 Å². The Balaban J connectivity index is 4.01. The van der Waals surface area contributed by atoms with E-state index in [0.29, 0.717) is 5.57 Å². The minimum absolute atomic E-state index is 0.288. The highest BCUT2D eigenvalue weighted by molar-refractivity contribution is 5.91. The summed E-state index contributed by atoms with van der Waals surface area (Å²) in [5.74, 6) is 0.439. The first kappa shape index (κ1) is 15.2. The van der Waals surface area contributed by atoms with E-state index in [1.54, 1.807) is 6.92 Å². The number of unbranched alkanes of at least 4 members (excludes halogenated alkanes) is 2. The van der Waals surface area contributed by atoms with Gasteiger partial charge in [-0.1, -0.05) is 58.4 Å². The molecule has 1 atom stereocenters. The van der Waals surface area contributed by atoms with Crippen molar-refractivity contribution in [1.29, 1.82) is 0 Å². The van der Waals surface area contributed by atoms with Crippen LogP contribution < -0.4 is 5.73 Å². The van der Waals surface area contributed by atoms with Crippen molar-refractivity contribution in [2.45, 2.75) is 65.7 Å². The standard InChI is InChI=1S/C14H27NO/c1-4-6-7-9-13(8-5-2)11-10-12(3)14(15)16/h10,13H,4-9,11H2,1-3H3,(H2,15,16)/b12-10+. The Morgan fingerprint density at radius 1 is 1.19 bits per heavy atom. The zero-order valence-corrected chi connectivity index (χ0v) is 11.1. The van der Waals surface area contributed by atoms with Gasteiger partial charge in [0, 0.05) is 5.57 Å². The molecule has 1 amide bonds. The lowest BCUT2D eigenvalue weighted by atomic mass is 9.92. The molecule has 0 aliphatic heterocycles. The summed E-state index contributed by atoms with van der Waals surface area (Å²) in [4.78, 5) is 10.9. The van der Waals surface area contributed by atoms with E-state index in [1.165, 1.54) is 38.5 Å². The molecule has 0 aromatic heterocycles. The highest BCUT2D eigenvalue weighted by atomic mass is 16.1. The van der Waals surface area contributed by atoms with Gasteiger partial charge in [-0.2, -0.15) is 0 Å². The van der Waals surface area contributed by atoms with Crippen LogP contribution in [0, 0.1) is 5.92 Å². The van der Waals surface area contributed by atoms with Gasteiger partial charge in [-0.05, 0) is 19.3 Å². The van der Waals surface area contributed by atoms with Crippen LogP contribution in [0.15, 0.2) is 11.6 Å². The Kier molecular flexibility index (Phi) is 8.97. The molecule has 0 rings (SSSR count). The van der Waals surface area contributed by atoms with Crippen LogP contribution in [0.5, 0.6) is 0 Å². The zero-order chi connectivity index (χ0) is 12.4. The first-order valence-electron chi connectivity index (χ1n) is 6.58. The van der Waals surface area contributed by atoms with Gasteiger partial charge in [-0.15, -0.1) is 0 Å². The zero-order valence-electron chi connectivity index (χ0n) is 11.1. The van der Waals surface area contributed by atoms with Crippen molar-refractivity contribution < 1.29 is 4.79 Å². The summed E-state index contributed by atoms with van der Waals surface area (Å²) in [6.45, 7) is 6.25. The van der Waals surface area contributed by atoms with E-state index in [0.717, 1.165) is 12.3 Å². The number of rotatable bonds is 9. The summed E-state index contributed by atoms with van der Waals surface area (Å²) in [5, 5.41) is 0. The molecule has 0 aromatic carbocycles. The van der Waals surface area contributed by atoms with Crippen LogP contribution in [-0.2, 0) is 4.79 Å². The second-order valence-corrected chi connectivity index (χ2v) is 4.64. The predicted molar refractivity (Wildman–Crippen MR) is 70.1 cm³/mol. The molecule has 0 heterocycles. The van der Waals surface area contributed by atoms with Crippen molar-refractivity contribution in [3.63, 3.8) is 0 Å². The first-order chi connectivity index (χ1) is 7.61. The topological polar surface area (TPSA) is 43.1 Å². The molecule has 2 N–H and O–H groups in total. The van der Waals surface area contributed by atoms with Crippen molar-refractivity contribution in [3.05, 3.63) is 11.6 Å². The van der Waals surface area contributed by atoms with Gasteiger partial charge in [0.2, 0.25) is 5.91 Å². The minimum Gasteiger partial charge on any atom is -0.366 e. The van der Waals surface area contributed by atoms with Gasteiger partial charge in [0.05, 0.1) is 0 Å². The molecular formula is C14H27NO. The molecule has 94 valence electrons. The van der Waals surface area contributed by atoms with Crippen molar-refractivity contribution in [2.75, 3.05) is 0 Å². The maximum atomic E-state index is 10.9. The summed E-state index contributed by atoms with van der Waals surface area (Å²) in [7, 11) is 0. The summed E-state index contributed by atoms with van der Waals surface area (Å²) in [6, 6.07) is 0. The quantitative estimate of drug-likeness (QED) is 0.470. The molecule has 0 saturated carbocycles. The van der Waals surface area contributed by atoms with Gasteiger partial charge >= 0.3 is 0 Å². The molecule has 0 fully saturated rings. The lowest BCUT2D eigenvalue weighted by Crippen LogP contribution is -2.12. The van der Waals surface area contributed by atoms with E-state index in [9.17, 15) is 4.79 Å². The molecule has 0 aliphatic carbocycles. The molecule has 0 bridgehead atoms. The van der Waals surface area contributed by atoms with E-state index in [4.69, 9.17) is 5.73 Å². The second-order valence-electron chi connectivity index (χ2n) is 4.64. The van der Waals surface area contributed by atoms with Crippen LogP contribution >= 0.6 is 0 Å². The number of hydrogen-bond donors (Lipinski definition) is 1. The average Bonchev–Trinajstić information content (AvgIpc) is 2.25. The monoisotopic (exact) mass is 225 g/mol. The molecule has 2 nitrogen and oxygen atoms in total. The summed E-state index contributed by atoms with van der Waals surface area (Å²) < 4.78 is 0. The van der Waals surface area contributed by atoms with Crippen molar-refractivity contribution in [3.8, 4) is 0 Å². The number of amides is 1. The van der Waals surface area contributed by atoms with E-state index < -0.39 is 0 Å². The fraction of sp³-hybridized carbons (Fsp3) is 0.786. The Morgan fingerprint density at radius 2 is 1.88 bits per heavy atom. The van der Waals surface area contributed by atoms with Crippen LogP contribution in [0.1, 0.15) is 65.7 Å². The van der Waals surface area contributed by atoms with Gasteiger partial charge in [0.15, 0.2) is 0 Å². The number of allylic oxidation sites excluding steroid dienone is 1. The minimum atomic E-state index is -0.288. The van der Waals surface area contributed by atoms with Crippen molar-refractivity contribution in [1.82, 2.24) is 0 Å². The molecule has 16 heavy (non-hydrogen) atoms. The highest BCUT2D eigenvalue weighted by Gasteiger charge is 2.06. The maximum Gasteiger partial charge on any atom is 0.244 e. The molecule has 1 unspecified atom stereocenters. The molecule has 2 heteroatoms. The van der Waals surface area contributed by atoms with Gasteiger partial charge in [-0.3, -0.25) is 4.79 Å². The third-order valence-electron chi connectivity index (χ3n) is 3.06. The summed E-state index contributed by atoms with van der Waals surface area (Å²) >= 11 is 0. The number of carbonyl (C=O) groups excluding carboxylic acids is 1. The molecule has 0 saturated heterocycles. The van der Waals surface area contributed by atoms with Gasteiger partial charge in [0.1, 0.15) is 0 Å². The van der Waals surface area contributed by atoms with E-state index in [-0.39, 0.29) is 5.91 Å². The van der Waals surface area contributed by atoms with Gasteiger partial charge in [0.25, 0.3) is 0 Å². The van der Waals surface area contributed by atoms with Crippen LogP contribution in [0.2, 0.25) is 0 Å². The van der Waals surface area contributed by atoms with Crippen LogP contribution in [0.4, 0.5) is 0 Å². The number of carbonyl (C=O) groups is 1. The maximum absolute atomic E-state index is 10.9. The van der Waals surface area contributed by atoms with E-state index >= 15 is 0 Å². The largest absolute Gasteiger partial charge is 0.366 e. The van der Waals surface area contributed by atoms with Crippen LogP contribution in [-0.4, -0.2) is 5.91 Å². The Hall–Kier alpha value is -0.790. The predicted octanol–water partition coefficient (Wildman–Crippen LogP) is 3.80. The van der Waals surface area contributed by atoms with E-state index in [2.05, 4.69) is 13.8 Å². The second kappa shape index (κ2) is 9.44. The first-order valence-corrected chi connectivity index (χ1v) is 6.58. The SMILES string of the molecule is CCCCCC(C/C=C(\C)C(N)=O)CCC. The third kappa shape index (κ3) is 7.49. The van der Waals surface area contributed by atoms with Crippen LogP contribution in [0.3, 0.4) is 0 Å². The number of primary amides is 1. The van der Waals surface area contributed by atoms with Crippen molar-refractivity contribution >= 4 is 5.91 Å². The summed E-state index contributed by atoms with van der Waals surface area (Å²) in [5.41, 5.74) is 5.92. The van der Waals surface area contributed by atoms with E-state index in [1.807, 2.05) is 6.08 Å². The third-order valence-corrected chi connectivity index (χ3v) is 3.06. The Morgan fingerprint density at radius 3 is 2.38 bits per heavy atom. The lowest BCUT2D eigenvalue weighted by Gasteiger charge is -2.13. The normalized spacial score (nSPS) is 13.8. The fourth-order valence-electron chi connectivity index (χ4n) is 1.92. The average molecular weight is 225 g/mol. The smallest absolute Gasteiger partial charge is 0.244 e. The molecule has 0 radical (unpaired) electrons. The van der Waals surface area contributed by atoms with Gasteiger partial charge in [-0.25, -0.2) is 0 Å². The molecule has 0 spiro atoms. The van der Waals surface area contributed by atoms with Crippen LogP contribution in [0.25, 0.3) is 0 Å². The fourth-order valence-corrected chi connectivity index (χ4v) is 1.92. The lowest BCUT2D eigenvalue weighted by molar-refractivity contribution is -0.114. The number of hydrogen-bond acceptors (Lipinski definition) is 1. The molecule has 0 aromatic rings.